The van der Waals surface area contributed by atoms with Crippen LogP contribution in [0.15, 0.2) is 89.1 Å². The highest BCUT2D eigenvalue weighted by Gasteiger charge is 2.41. The molecule has 196 valence electrons. The quantitative estimate of drug-likeness (QED) is 0.268. The van der Waals surface area contributed by atoms with E-state index in [2.05, 4.69) is 20.6 Å². The van der Waals surface area contributed by atoms with Gasteiger partial charge in [-0.3, -0.25) is 0 Å². The standard InChI is InChI=1S/C30H28N6O3/c1-19-27(16-21-10-12-23(13-11-21)29(38)39-4)30(3,18-37)36(20(2)31-19)24-14-15-25(22-8-6-5-7-9-22)26(17-24)28-32-34-35-33-28/h5-15,17-18H,16H2,1-4H3,(H,32,33,34,35). The van der Waals surface area contributed by atoms with Crippen molar-refractivity contribution in [1.82, 2.24) is 20.6 Å². The zero-order chi connectivity index (χ0) is 27.6. The number of aliphatic imine (C=N–C) groups is 1. The second-order valence-corrected chi connectivity index (χ2v) is 9.53. The number of carbonyl (C=O) groups excluding carboxylic acids is 2. The normalized spacial score (nSPS) is 17.1. The number of allylic oxidation sites excluding steroid dienone is 1. The molecular formula is C30H28N6O3. The molecule has 3 aromatic carbocycles. The van der Waals surface area contributed by atoms with E-state index < -0.39 is 11.5 Å². The third kappa shape index (κ3) is 4.74. The molecule has 1 aromatic heterocycles. The number of nitrogens with zero attached hydrogens (tertiary/aromatic N) is 5. The number of hydrogen-bond donors (Lipinski definition) is 1. The number of nitrogens with one attached hydrogen (secondary N) is 1. The van der Waals surface area contributed by atoms with Crippen molar-refractivity contribution in [3.8, 4) is 22.5 Å². The Bertz CT molecular complexity index is 1580. The highest BCUT2D eigenvalue weighted by molar-refractivity contribution is 6.05. The maximum absolute atomic E-state index is 12.9. The molecule has 9 nitrogen and oxygen atoms in total. The number of anilines is 1. The van der Waals surface area contributed by atoms with E-state index in [0.29, 0.717) is 23.6 Å². The van der Waals surface area contributed by atoms with Crippen molar-refractivity contribution in [2.24, 2.45) is 4.99 Å². The summed E-state index contributed by atoms with van der Waals surface area (Å²) in [6.07, 6.45) is 1.45. The van der Waals surface area contributed by atoms with Crippen molar-refractivity contribution in [2.45, 2.75) is 32.7 Å². The van der Waals surface area contributed by atoms with Crippen LogP contribution in [0.3, 0.4) is 0 Å². The van der Waals surface area contributed by atoms with Crippen molar-refractivity contribution >= 4 is 23.8 Å². The molecule has 39 heavy (non-hydrogen) atoms. The first kappa shape index (κ1) is 25.7. The zero-order valence-corrected chi connectivity index (χ0v) is 22.2. The average molecular weight is 521 g/mol. The molecule has 2 heterocycles. The van der Waals surface area contributed by atoms with Gasteiger partial charge in [-0.1, -0.05) is 48.5 Å². The minimum Gasteiger partial charge on any atom is -0.465 e. The summed E-state index contributed by atoms with van der Waals surface area (Å²) in [4.78, 5) is 31.6. The molecule has 1 aliphatic heterocycles. The number of benzene rings is 3. The van der Waals surface area contributed by atoms with Gasteiger partial charge in [-0.05, 0) is 84.1 Å². The molecule has 1 unspecified atom stereocenters. The predicted molar refractivity (Wildman–Crippen MR) is 149 cm³/mol. The molecule has 5 rings (SSSR count). The van der Waals surface area contributed by atoms with Crippen LogP contribution in [0.4, 0.5) is 5.69 Å². The van der Waals surface area contributed by atoms with Crippen LogP contribution < -0.4 is 4.90 Å². The van der Waals surface area contributed by atoms with Crippen LogP contribution in [0.25, 0.3) is 22.5 Å². The monoisotopic (exact) mass is 520 g/mol. The van der Waals surface area contributed by atoms with Crippen molar-refractivity contribution in [2.75, 3.05) is 12.0 Å². The first-order chi connectivity index (χ1) is 18.9. The first-order valence-electron chi connectivity index (χ1n) is 12.5. The molecule has 0 saturated heterocycles. The van der Waals surface area contributed by atoms with E-state index in [1.165, 1.54) is 7.11 Å². The zero-order valence-electron chi connectivity index (χ0n) is 22.2. The van der Waals surface area contributed by atoms with Gasteiger partial charge in [-0.25, -0.2) is 14.9 Å². The lowest BCUT2D eigenvalue weighted by Gasteiger charge is -2.44. The van der Waals surface area contributed by atoms with E-state index in [0.717, 1.165) is 45.5 Å². The molecule has 0 aliphatic carbocycles. The van der Waals surface area contributed by atoms with Crippen LogP contribution in [-0.2, 0) is 16.0 Å². The number of aromatic amines is 1. The highest BCUT2D eigenvalue weighted by atomic mass is 16.5. The van der Waals surface area contributed by atoms with Crippen LogP contribution in [0.1, 0.15) is 36.7 Å². The molecule has 0 radical (unpaired) electrons. The lowest BCUT2D eigenvalue weighted by atomic mass is 9.83. The number of esters is 1. The Labute approximate surface area is 226 Å². The topological polar surface area (TPSA) is 113 Å². The number of H-pyrrole nitrogens is 1. The van der Waals surface area contributed by atoms with E-state index in [1.54, 1.807) is 12.1 Å². The lowest BCUT2D eigenvalue weighted by molar-refractivity contribution is -0.110. The molecule has 9 heteroatoms. The summed E-state index contributed by atoms with van der Waals surface area (Å²) >= 11 is 0. The van der Waals surface area contributed by atoms with Gasteiger partial charge in [0, 0.05) is 16.9 Å². The Kier molecular flexibility index (Phi) is 6.89. The van der Waals surface area contributed by atoms with Crippen molar-refractivity contribution in [3.63, 3.8) is 0 Å². The molecular weight excluding hydrogens is 492 g/mol. The number of aldehydes is 1. The van der Waals surface area contributed by atoms with Gasteiger partial charge in [0.05, 0.1) is 12.7 Å². The predicted octanol–water partition coefficient (Wildman–Crippen LogP) is 5.03. The fraction of sp³-hybridized carbons (Fsp3) is 0.200. The van der Waals surface area contributed by atoms with E-state index in [-0.39, 0.29) is 0 Å². The number of carbonyl (C=O) groups is 2. The Balaban J connectivity index is 1.57. The summed E-state index contributed by atoms with van der Waals surface area (Å²) in [5.74, 6) is 0.823. The molecule has 4 aromatic rings. The van der Waals surface area contributed by atoms with Gasteiger partial charge in [0.1, 0.15) is 17.7 Å². The van der Waals surface area contributed by atoms with Crippen molar-refractivity contribution < 1.29 is 14.3 Å². The van der Waals surface area contributed by atoms with Crippen LogP contribution in [0.2, 0.25) is 0 Å². The molecule has 1 atom stereocenters. The fourth-order valence-corrected chi connectivity index (χ4v) is 5.17. The molecule has 1 N–H and O–H groups in total. The second-order valence-electron chi connectivity index (χ2n) is 9.53. The van der Waals surface area contributed by atoms with Gasteiger partial charge in [0.2, 0.25) is 0 Å². The molecule has 0 saturated carbocycles. The maximum Gasteiger partial charge on any atom is 0.337 e. The van der Waals surface area contributed by atoms with E-state index in [9.17, 15) is 9.59 Å². The Morgan fingerprint density at radius 2 is 1.77 bits per heavy atom. The SMILES string of the molecule is COC(=O)c1ccc(CC2=C(C)N=C(C)N(c3ccc(-c4ccccc4)c(-c4nnn[nH]4)c3)C2(C)C=O)cc1. The third-order valence-electron chi connectivity index (χ3n) is 7.10. The van der Waals surface area contributed by atoms with Crippen LogP contribution in [0.5, 0.6) is 0 Å². The van der Waals surface area contributed by atoms with Gasteiger partial charge in [-0.2, -0.15) is 0 Å². The van der Waals surface area contributed by atoms with Gasteiger partial charge in [0.15, 0.2) is 5.82 Å². The first-order valence-corrected chi connectivity index (χ1v) is 12.5. The number of aromatic nitrogens is 4. The highest BCUT2D eigenvalue weighted by Crippen LogP contribution is 2.40. The molecule has 0 bridgehead atoms. The van der Waals surface area contributed by atoms with Gasteiger partial charge in [-0.15, -0.1) is 5.10 Å². The number of amidine groups is 1. The van der Waals surface area contributed by atoms with Gasteiger partial charge in [0.25, 0.3) is 0 Å². The van der Waals surface area contributed by atoms with E-state index >= 15 is 0 Å². The fourth-order valence-electron chi connectivity index (χ4n) is 5.17. The summed E-state index contributed by atoms with van der Waals surface area (Å²) in [6.45, 7) is 5.72. The van der Waals surface area contributed by atoms with Gasteiger partial charge < -0.3 is 14.4 Å². The largest absolute Gasteiger partial charge is 0.465 e. The van der Waals surface area contributed by atoms with Crippen LogP contribution in [-0.4, -0.2) is 51.4 Å². The Hall–Kier alpha value is -4.92. The molecule has 0 spiro atoms. The Morgan fingerprint density at radius 1 is 1.03 bits per heavy atom. The van der Waals surface area contributed by atoms with Crippen LogP contribution in [0, 0.1) is 0 Å². The minimum absolute atomic E-state index is 0.393. The molecule has 0 amide bonds. The molecule has 0 fully saturated rings. The second kappa shape index (κ2) is 10.4. The summed E-state index contributed by atoms with van der Waals surface area (Å²) in [5.41, 5.74) is 5.62. The number of rotatable bonds is 7. The third-order valence-corrected chi connectivity index (χ3v) is 7.10. The summed E-state index contributed by atoms with van der Waals surface area (Å²) in [7, 11) is 1.35. The number of ether oxygens (including phenoxy) is 1. The smallest absolute Gasteiger partial charge is 0.337 e. The summed E-state index contributed by atoms with van der Waals surface area (Å²) in [6, 6.07) is 23.2. The number of tetrazole rings is 1. The minimum atomic E-state index is -1.01. The van der Waals surface area contributed by atoms with Crippen molar-refractivity contribution in [1.29, 1.82) is 0 Å². The van der Waals surface area contributed by atoms with E-state index in [1.807, 2.05) is 86.3 Å². The Morgan fingerprint density at radius 3 is 2.41 bits per heavy atom. The maximum atomic E-state index is 12.9. The summed E-state index contributed by atoms with van der Waals surface area (Å²) < 4.78 is 4.81. The van der Waals surface area contributed by atoms with Crippen LogP contribution >= 0.6 is 0 Å². The average Bonchev–Trinajstić information content (AvgIpc) is 3.50. The van der Waals surface area contributed by atoms with E-state index in [4.69, 9.17) is 9.73 Å². The number of hydrogen-bond acceptors (Lipinski definition) is 8. The lowest BCUT2D eigenvalue weighted by Crippen LogP contribution is -2.54. The van der Waals surface area contributed by atoms with Crippen molar-refractivity contribution in [3.05, 3.63) is 95.2 Å². The molecule has 1 aliphatic rings. The summed E-state index contributed by atoms with van der Waals surface area (Å²) in [5, 5.41) is 14.6. The van der Waals surface area contributed by atoms with Gasteiger partial charge >= 0.3 is 5.97 Å². The number of methoxy groups -OCH3 is 1.